The minimum absolute atomic E-state index is 0.0247. The monoisotopic (exact) mass is 373 g/mol. The lowest BCUT2D eigenvalue weighted by molar-refractivity contribution is -0.121. The first-order chi connectivity index (χ1) is 13.0. The lowest BCUT2D eigenvalue weighted by Crippen LogP contribution is -2.27. The van der Waals surface area contributed by atoms with Gasteiger partial charge in [-0.3, -0.25) is 4.79 Å². The third-order valence-electron chi connectivity index (χ3n) is 6.62. The summed E-state index contributed by atoms with van der Waals surface area (Å²) < 4.78 is 0. The zero-order valence-corrected chi connectivity index (χ0v) is 17.9. The van der Waals surface area contributed by atoms with Crippen LogP contribution in [0.4, 0.5) is 0 Å². The van der Waals surface area contributed by atoms with Gasteiger partial charge in [0.05, 0.1) is 5.41 Å². The van der Waals surface area contributed by atoms with E-state index in [0.29, 0.717) is 12.2 Å². The van der Waals surface area contributed by atoms with Crippen molar-refractivity contribution in [2.24, 2.45) is 5.41 Å². The van der Waals surface area contributed by atoms with Crippen molar-refractivity contribution >= 4 is 16.7 Å². The number of Topliss-reactive ketones (excluding diaryl/α,β-unsaturated/α-hetero) is 1. The number of carbonyl (C=O) groups excluding carboxylic acids is 1. The molecule has 1 aromatic heterocycles. The van der Waals surface area contributed by atoms with Gasteiger partial charge in [0.15, 0.2) is 0 Å². The van der Waals surface area contributed by atoms with Gasteiger partial charge in [0.1, 0.15) is 5.78 Å². The number of aromatic nitrogens is 1. The fourth-order valence-corrected chi connectivity index (χ4v) is 4.62. The van der Waals surface area contributed by atoms with Crippen LogP contribution in [0.2, 0.25) is 0 Å². The van der Waals surface area contributed by atoms with Crippen molar-refractivity contribution in [1.82, 2.24) is 4.98 Å². The normalized spacial score (nSPS) is 21.1. The average Bonchev–Trinajstić information content (AvgIpc) is 2.98. The molecular formula is C26H31NO. The summed E-state index contributed by atoms with van der Waals surface area (Å²) in [4.78, 5) is 17.0. The van der Waals surface area contributed by atoms with Crippen molar-refractivity contribution in [2.75, 3.05) is 0 Å². The minimum Gasteiger partial charge on any atom is -0.358 e. The zero-order valence-electron chi connectivity index (χ0n) is 17.9. The van der Waals surface area contributed by atoms with E-state index in [-0.39, 0.29) is 16.2 Å². The van der Waals surface area contributed by atoms with Gasteiger partial charge < -0.3 is 4.98 Å². The highest BCUT2D eigenvalue weighted by molar-refractivity contribution is 5.97. The third kappa shape index (κ3) is 2.99. The first-order valence-electron chi connectivity index (χ1n) is 10.3. The number of ketones is 1. The van der Waals surface area contributed by atoms with E-state index in [9.17, 15) is 4.79 Å². The molecule has 2 heteroatoms. The van der Waals surface area contributed by atoms with Crippen molar-refractivity contribution in [3.63, 3.8) is 0 Å². The Kier molecular flexibility index (Phi) is 4.12. The summed E-state index contributed by atoms with van der Waals surface area (Å²) in [6.07, 6.45) is 1.42. The van der Waals surface area contributed by atoms with Crippen LogP contribution < -0.4 is 0 Å². The number of nitrogens with one attached hydrogen (secondary N) is 1. The number of benzene rings is 2. The Morgan fingerprint density at radius 3 is 2.25 bits per heavy atom. The molecule has 4 rings (SSSR count). The molecule has 0 saturated heterocycles. The Morgan fingerprint density at radius 2 is 1.68 bits per heavy atom. The highest BCUT2D eigenvalue weighted by atomic mass is 16.1. The van der Waals surface area contributed by atoms with E-state index >= 15 is 0 Å². The van der Waals surface area contributed by atoms with Crippen LogP contribution in [-0.4, -0.2) is 10.8 Å². The molecule has 1 heterocycles. The molecule has 28 heavy (non-hydrogen) atoms. The molecule has 0 bridgehead atoms. The molecule has 146 valence electrons. The van der Waals surface area contributed by atoms with E-state index in [2.05, 4.69) is 95.1 Å². The molecule has 1 saturated carbocycles. The molecule has 3 aromatic rings. The Labute approximate surface area is 168 Å². The number of H-pyrrole nitrogens is 1. The second-order valence-electron chi connectivity index (χ2n) is 10.3. The number of fused-ring (bicyclic) bond motifs is 1. The molecule has 1 atom stereocenters. The summed E-state index contributed by atoms with van der Waals surface area (Å²) in [5.74, 6) is 0.340. The maximum absolute atomic E-state index is 13.5. The Hall–Kier alpha value is -2.35. The second-order valence-corrected chi connectivity index (χ2v) is 10.3. The van der Waals surface area contributed by atoms with Gasteiger partial charge in [0.25, 0.3) is 0 Å². The minimum atomic E-state index is -0.343. The van der Waals surface area contributed by atoms with E-state index in [1.807, 2.05) is 0 Å². The van der Waals surface area contributed by atoms with E-state index in [1.165, 1.54) is 22.2 Å². The van der Waals surface area contributed by atoms with Crippen LogP contribution in [0.15, 0.2) is 48.5 Å². The van der Waals surface area contributed by atoms with Crippen LogP contribution in [0.1, 0.15) is 63.4 Å². The number of hydrogen-bond donors (Lipinski definition) is 1. The summed E-state index contributed by atoms with van der Waals surface area (Å²) in [5, 5.41) is 1.19. The summed E-state index contributed by atoms with van der Waals surface area (Å²) in [5.41, 5.74) is 5.64. The largest absolute Gasteiger partial charge is 0.358 e. The first kappa shape index (κ1) is 19.0. The van der Waals surface area contributed by atoms with Crippen LogP contribution >= 0.6 is 0 Å². The molecule has 0 amide bonds. The topological polar surface area (TPSA) is 32.9 Å². The number of aromatic amines is 1. The maximum atomic E-state index is 13.5. The third-order valence-corrected chi connectivity index (χ3v) is 6.62. The SMILES string of the molecule is Cc1ccc(C2(C(=O)Cc3ccc4[nH]c(C(C)(C)C)cc4c3)CC2(C)C)cc1. The number of rotatable bonds is 4. The molecule has 0 radical (unpaired) electrons. The van der Waals surface area contributed by atoms with Crippen molar-refractivity contribution in [1.29, 1.82) is 0 Å². The first-order valence-corrected chi connectivity index (χ1v) is 10.3. The van der Waals surface area contributed by atoms with E-state index < -0.39 is 0 Å². The number of hydrogen-bond acceptors (Lipinski definition) is 1. The van der Waals surface area contributed by atoms with Crippen LogP contribution in [0.5, 0.6) is 0 Å². The summed E-state index contributed by atoms with van der Waals surface area (Å²) in [6, 6.07) is 17.2. The van der Waals surface area contributed by atoms with Gasteiger partial charge in [-0.2, -0.15) is 0 Å². The fraction of sp³-hybridized carbons (Fsp3) is 0.423. The standard InChI is InChI=1S/C26H31NO/c1-17-7-10-20(11-8-17)26(16-25(26,5)6)23(28)14-18-9-12-21-19(13-18)15-22(27-21)24(2,3)4/h7-13,15,27H,14,16H2,1-6H3. The van der Waals surface area contributed by atoms with Crippen LogP contribution in [-0.2, 0) is 22.0 Å². The highest BCUT2D eigenvalue weighted by Gasteiger charge is 2.66. The van der Waals surface area contributed by atoms with Crippen molar-refractivity contribution in [3.05, 3.63) is 70.9 Å². The summed E-state index contributed by atoms with van der Waals surface area (Å²) in [6.45, 7) is 13.2. The maximum Gasteiger partial charge on any atom is 0.148 e. The van der Waals surface area contributed by atoms with Gasteiger partial charge in [0.2, 0.25) is 0 Å². The quantitative estimate of drug-likeness (QED) is 0.576. The summed E-state index contributed by atoms with van der Waals surface area (Å²) >= 11 is 0. The molecule has 1 N–H and O–H groups in total. The van der Waals surface area contributed by atoms with Gasteiger partial charge in [-0.05, 0) is 53.5 Å². The van der Waals surface area contributed by atoms with Gasteiger partial charge >= 0.3 is 0 Å². The smallest absolute Gasteiger partial charge is 0.148 e. The Balaban J connectivity index is 1.64. The number of carbonyl (C=O) groups is 1. The molecule has 0 spiro atoms. The van der Waals surface area contributed by atoms with E-state index in [1.54, 1.807) is 0 Å². The van der Waals surface area contributed by atoms with Gasteiger partial charge in [0, 0.05) is 23.0 Å². The Morgan fingerprint density at radius 1 is 1.04 bits per heavy atom. The molecule has 1 aliphatic carbocycles. The summed E-state index contributed by atoms with van der Waals surface area (Å²) in [7, 11) is 0. The van der Waals surface area contributed by atoms with Crippen molar-refractivity contribution in [3.8, 4) is 0 Å². The van der Waals surface area contributed by atoms with E-state index in [4.69, 9.17) is 0 Å². The van der Waals surface area contributed by atoms with Crippen LogP contribution in [0.3, 0.4) is 0 Å². The predicted octanol–water partition coefficient (Wildman–Crippen LogP) is 6.25. The van der Waals surface area contributed by atoms with Crippen LogP contribution in [0.25, 0.3) is 10.9 Å². The Bertz CT molecular complexity index is 1050. The number of aryl methyl sites for hydroxylation is 1. The average molecular weight is 374 g/mol. The lowest BCUT2D eigenvalue weighted by atomic mass is 9.81. The molecule has 2 aromatic carbocycles. The van der Waals surface area contributed by atoms with Gasteiger partial charge in [-0.25, -0.2) is 0 Å². The van der Waals surface area contributed by atoms with Gasteiger partial charge in [-0.1, -0.05) is 70.5 Å². The van der Waals surface area contributed by atoms with E-state index in [0.717, 1.165) is 17.5 Å². The molecule has 0 aliphatic heterocycles. The van der Waals surface area contributed by atoms with Crippen molar-refractivity contribution in [2.45, 2.75) is 65.2 Å². The van der Waals surface area contributed by atoms with Crippen molar-refractivity contribution < 1.29 is 4.79 Å². The lowest BCUT2D eigenvalue weighted by Gasteiger charge is -2.20. The molecule has 1 fully saturated rings. The molecule has 2 nitrogen and oxygen atoms in total. The molecule has 1 aliphatic rings. The second kappa shape index (κ2) is 6.07. The predicted molar refractivity (Wildman–Crippen MR) is 117 cm³/mol. The zero-order chi connectivity index (χ0) is 20.3. The highest BCUT2D eigenvalue weighted by Crippen LogP contribution is 2.65. The molecule has 1 unspecified atom stereocenters. The van der Waals surface area contributed by atoms with Gasteiger partial charge in [-0.15, -0.1) is 0 Å². The van der Waals surface area contributed by atoms with Crippen LogP contribution in [0, 0.1) is 12.3 Å². The molecular weight excluding hydrogens is 342 g/mol. The fourth-order valence-electron chi connectivity index (χ4n) is 4.62.